The molecule has 0 amide bonds. The first-order chi connectivity index (χ1) is 13.8. The molecule has 0 atom stereocenters. The summed E-state index contributed by atoms with van der Waals surface area (Å²) >= 11 is 5.90. The molecule has 0 fully saturated rings. The lowest BCUT2D eigenvalue weighted by molar-refractivity contribution is -0.136. The zero-order valence-electron chi connectivity index (χ0n) is 16.0. The number of esters is 1. The van der Waals surface area contributed by atoms with E-state index in [0.29, 0.717) is 22.8 Å². The number of carbonyl (C=O) groups is 2. The maximum atomic E-state index is 13.7. The van der Waals surface area contributed by atoms with E-state index in [9.17, 15) is 14.0 Å². The van der Waals surface area contributed by atoms with E-state index in [4.69, 9.17) is 20.9 Å². The molecule has 8 heteroatoms. The van der Waals surface area contributed by atoms with Crippen LogP contribution in [0.15, 0.2) is 40.9 Å². The van der Waals surface area contributed by atoms with Crippen LogP contribution in [-0.2, 0) is 9.53 Å². The van der Waals surface area contributed by atoms with E-state index in [1.54, 1.807) is 30.5 Å². The Bertz CT molecular complexity index is 1090. The first kappa shape index (κ1) is 20.5. The molecule has 3 rings (SSSR count). The van der Waals surface area contributed by atoms with E-state index in [1.807, 2.05) is 6.92 Å². The third-order valence-corrected chi connectivity index (χ3v) is 4.64. The van der Waals surface area contributed by atoms with E-state index >= 15 is 0 Å². The van der Waals surface area contributed by atoms with Crippen LogP contribution in [0, 0.1) is 26.6 Å². The molecule has 0 aliphatic rings. The van der Waals surface area contributed by atoms with Crippen LogP contribution in [0.2, 0.25) is 5.02 Å². The number of halogens is 2. The molecule has 6 nitrogen and oxygen atoms in total. The van der Waals surface area contributed by atoms with Gasteiger partial charge in [-0.3, -0.25) is 9.36 Å². The van der Waals surface area contributed by atoms with E-state index in [-0.39, 0.29) is 16.4 Å². The SMILES string of the molecule is Cc1cc(-n2c(C)cc(C(=O)COC(=O)/C=C/c3c(F)cccc3Cl)c2C)no1. The molecule has 0 bridgehead atoms. The number of hydrogen-bond acceptors (Lipinski definition) is 5. The average Bonchev–Trinajstić information content (AvgIpc) is 3.21. The normalized spacial score (nSPS) is 11.2. The maximum absolute atomic E-state index is 13.7. The number of rotatable bonds is 6. The Morgan fingerprint density at radius 1 is 1.28 bits per heavy atom. The monoisotopic (exact) mass is 416 g/mol. The Labute approximate surface area is 171 Å². The molecular weight excluding hydrogens is 399 g/mol. The summed E-state index contributed by atoms with van der Waals surface area (Å²) < 4.78 is 25.6. The number of benzene rings is 1. The number of ether oxygens (including phenoxy) is 1. The van der Waals surface area contributed by atoms with Crippen molar-refractivity contribution in [2.75, 3.05) is 6.61 Å². The third-order valence-electron chi connectivity index (χ3n) is 4.31. The third kappa shape index (κ3) is 4.46. The highest BCUT2D eigenvalue weighted by Crippen LogP contribution is 2.22. The average molecular weight is 417 g/mol. The van der Waals surface area contributed by atoms with Gasteiger partial charge in [0.15, 0.2) is 12.4 Å². The van der Waals surface area contributed by atoms with Gasteiger partial charge in [0.1, 0.15) is 11.6 Å². The summed E-state index contributed by atoms with van der Waals surface area (Å²) in [5.74, 6) is -0.490. The fourth-order valence-electron chi connectivity index (χ4n) is 2.94. The number of nitrogens with zero attached hydrogens (tertiary/aromatic N) is 2. The van der Waals surface area contributed by atoms with Crippen molar-refractivity contribution in [2.24, 2.45) is 0 Å². The van der Waals surface area contributed by atoms with Gasteiger partial charge in [0.25, 0.3) is 0 Å². The largest absolute Gasteiger partial charge is 0.454 e. The molecule has 0 aliphatic carbocycles. The Morgan fingerprint density at radius 3 is 2.69 bits per heavy atom. The maximum Gasteiger partial charge on any atom is 0.331 e. The highest BCUT2D eigenvalue weighted by molar-refractivity contribution is 6.32. The second-order valence-corrected chi connectivity index (χ2v) is 6.82. The topological polar surface area (TPSA) is 74.3 Å². The summed E-state index contributed by atoms with van der Waals surface area (Å²) in [5.41, 5.74) is 1.94. The van der Waals surface area contributed by atoms with Gasteiger partial charge in [-0.1, -0.05) is 22.8 Å². The van der Waals surface area contributed by atoms with Crippen LogP contribution in [0.1, 0.15) is 33.1 Å². The summed E-state index contributed by atoms with van der Waals surface area (Å²) in [5, 5.41) is 4.13. The predicted molar refractivity (Wildman–Crippen MR) is 106 cm³/mol. The number of aryl methyl sites for hydroxylation is 2. The van der Waals surface area contributed by atoms with E-state index in [2.05, 4.69) is 5.16 Å². The van der Waals surface area contributed by atoms with Gasteiger partial charge >= 0.3 is 5.97 Å². The molecule has 0 saturated heterocycles. The van der Waals surface area contributed by atoms with Crippen molar-refractivity contribution >= 4 is 29.4 Å². The van der Waals surface area contributed by atoms with Crippen LogP contribution >= 0.6 is 11.6 Å². The van der Waals surface area contributed by atoms with Crippen LogP contribution in [-0.4, -0.2) is 28.1 Å². The molecule has 29 heavy (non-hydrogen) atoms. The molecule has 3 aromatic rings. The molecule has 2 aromatic heterocycles. The molecule has 0 aliphatic heterocycles. The molecule has 0 unspecified atom stereocenters. The summed E-state index contributed by atoms with van der Waals surface area (Å²) in [6.07, 6.45) is 2.24. The number of aromatic nitrogens is 2. The predicted octanol–water partition coefficient (Wildman–Crippen LogP) is 4.62. The second kappa shape index (κ2) is 8.45. The lowest BCUT2D eigenvalue weighted by atomic mass is 10.1. The minimum Gasteiger partial charge on any atom is -0.454 e. The Morgan fingerprint density at radius 2 is 2.03 bits per heavy atom. The molecule has 0 N–H and O–H groups in total. The molecule has 1 aromatic carbocycles. The van der Waals surface area contributed by atoms with Crippen molar-refractivity contribution in [2.45, 2.75) is 20.8 Å². The van der Waals surface area contributed by atoms with Crippen molar-refractivity contribution in [3.63, 3.8) is 0 Å². The number of carbonyl (C=O) groups excluding carboxylic acids is 2. The Balaban J connectivity index is 1.68. The molecule has 150 valence electrons. The van der Waals surface area contributed by atoms with E-state index in [0.717, 1.165) is 11.8 Å². The Hall–Kier alpha value is -3.19. The van der Waals surface area contributed by atoms with Crippen molar-refractivity contribution in [1.82, 2.24) is 9.72 Å². The van der Waals surface area contributed by atoms with Gasteiger partial charge in [-0.25, -0.2) is 9.18 Å². The smallest absolute Gasteiger partial charge is 0.331 e. The van der Waals surface area contributed by atoms with Gasteiger partial charge in [-0.05, 0) is 45.0 Å². The van der Waals surface area contributed by atoms with Gasteiger partial charge in [-0.15, -0.1) is 0 Å². The van der Waals surface area contributed by atoms with Crippen molar-refractivity contribution in [3.05, 3.63) is 75.5 Å². The van der Waals surface area contributed by atoms with Crippen LogP contribution < -0.4 is 0 Å². The standard InChI is InChI=1S/C21H18ClFN2O4/c1-12-9-16(14(3)25(12)20-10-13(2)29-24-20)19(26)11-28-21(27)8-7-15-17(22)5-4-6-18(15)23/h4-10H,11H2,1-3H3/b8-7+. The highest BCUT2D eigenvalue weighted by atomic mass is 35.5. The zero-order valence-corrected chi connectivity index (χ0v) is 16.8. The first-order valence-electron chi connectivity index (χ1n) is 8.72. The van der Waals surface area contributed by atoms with Crippen LogP contribution in [0.25, 0.3) is 11.9 Å². The fraction of sp³-hybridized carbons (Fsp3) is 0.190. The van der Waals surface area contributed by atoms with Crippen LogP contribution in [0.4, 0.5) is 4.39 Å². The van der Waals surface area contributed by atoms with Gasteiger partial charge in [-0.2, -0.15) is 0 Å². The van der Waals surface area contributed by atoms with Gasteiger partial charge in [0.05, 0.1) is 5.02 Å². The highest BCUT2D eigenvalue weighted by Gasteiger charge is 2.19. The summed E-state index contributed by atoms with van der Waals surface area (Å²) in [6.45, 7) is 4.93. The van der Waals surface area contributed by atoms with Gasteiger partial charge in [0.2, 0.25) is 5.78 Å². The summed E-state index contributed by atoms with van der Waals surface area (Å²) in [4.78, 5) is 24.4. The van der Waals surface area contributed by atoms with Crippen LogP contribution in [0.5, 0.6) is 0 Å². The summed E-state index contributed by atoms with van der Waals surface area (Å²) in [6, 6.07) is 7.65. The molecule has 0 radical (unpaired) electrons. The minimum atomic E-state index is -0.779. The number of ketones is 1. The molecule has 0 spiro atoms. The number of hydrogen-bond donors (Lipinski definition) is 0. The van der Waals surface area contributed by atoms with Gasteiger partial charge in [0, 0.05) is 34.7 Å². The molecular formula is C21H18ClFN2O4. The van der Waals surface area contributed by atoms with Crippen LogP contribution in [0.3, 0.4) is 0 Å². The van der Waals surface area contributed by atoms with Crippen molar-refractivity contribution in [3.8, 4) is 5.82 Å². The van der Waals surface area contributed by atoms with Crippen molar-refractivity contribution < 1.29 is 23.2 Å². The van der Waals surface area contributed by atoms with Gasteiger partial charge < -0.3 is 9.26 Å². The molecule has 2 heterocycles. The summed E-state index contributed by atoms with van der Waals surface area (Å²) in [7, 11) is 0. The second-order valence-electron chi connectivity index (χ2n) is 6.42. The quantitative estimate of drug-likeness (QED) is 0.333. The van der Waals surface area contributed by atoms with E-state index in [1.165, 1.54) is 24.3 Å². The lowest BCUT2D eigenvalue weighted by Gasteiger charge is -2.05. The number of Topliss-reactive ketones (excluding diaryl/α,β-unsaturated/α-hetero) is 1. The zero-order chi connectivity index (χ0) is 21.1. The lowest BCUT2D eigenvalue weighted by Crippen LogP contribution is -2.13. The van der Waals surface area contributed by atoms with E-state index < -0.39 is 18.4 Å². The first-order valence-corrected chi connectivity index (χ1v) is 9.10. The fourth-order valence-corrected chi connectivity index (χ4v) is 3.17. The molecule has 0 saturated carbocycles. The Kier molecular flexibility index (Phi) is 5.98. The van der Waals surface area contributed by atoms with Crippen molar-refractivity contribution in [1.29, 1.82) is 0 Å². The minimum absolute atomic E-state index is 0.0731.